The number of hydrogen-bond donors (Lipinski definition) is 1. The normalized spacial score (nSPS) is 50.5. The number of ketones is 1. The molecule has 0 saturated heterocycles. The zero-order chi connectivity index (χ0) is 19.2. The van der Waals surface area contributed by atoms with E-state index in [-0.39, 0.29) is 80.8 Å². The van der Waals surface area contributed by atoms with Crippen LogP contribution in [0.15, 0.2) is 23.8 Å². The fourth-order valence-corrected chi connectivity index (χ4v) is 7.59. The van der Waals surface area contributed by atoms with Gasteiger partial charge in [0.25, 0.3) is 0 Å². The van der Waals surface area contributed by atoms with E-state index in [4.69, 9.17) is 0 Å². The number of carboxylic acids is 1. The van der Waals surface area contributed by atoms with E-state index >= 15 is 0 Å². The molecule has 146 valence electrons. The monoisotopic (exact) mass is 408 g/mol. The first-order valence-electron chi connectivity index (χ1n) is 10.6. The fraction of sp³-hybridized carbons (Fsp3) is 0.739. The molecule has 8 atom stereocenters. The van der Waals surface area contributed by atoms with Gasteiger partial charge >= 0.3 is 51.4 Å². The predicted octanol–water partition coefficient (Wildman–Crippen LogP) is -0.585. The summed E-state index contributed by atoms with van der Waals surface area (Å²) in [6.45, 7) is 4.49. The molecule has 0 spiro atoms. The van der Waals surface area contributed by atoms with Gasteiger partial charge in [-0.15, -0.1) is 0 Å². The summed E-state index contributed by atoms with van der Waals surface area (Å²) in [5.74, 6) is 1.74. The Bertz CT molecular complexity index is 787. The average Bonchev–Trinajstić information content (AvgIpc) is 3.35. The zero-order valence-electron chi connectivity index (χ0n) is 17.2. The standard InChI is InChI=1S/C23H30O4.K/c1-21-7-3-13(24)11-18(21)14-12-15(14)20-16(21)4-8-22(2)17(20)5-9-23(22,27)10-6-19(25)26;/h4,8,11,14-17,20,27H,3,5-7,9-10,12H2,1-2H3,(H,25,26);/q;+1/p-1/t14-,15+,16-,17-,20+,21+,22-,23+;/m0./s1. The summed E-state index contributed by atoms with van der Waals surface area (Å²) in [5, 5.41) is 22.4. The van der Waals surface area contributed by atoms with Crippen molar-refractivity contribution in [1.29, 1.82) is 0 Å². The van der Waals surface area contributed by atoms with Crippen LogP contribution < -0.4 is 56.5 Å². The number of hydrogen-bond acceptors (Lipinski definition) is 4. The molecule has 0 aliphatic heterocycles. The van der Waals surface area contributed by atoms with Gasteiger partial charge in [0.2, 0.25) is 0 Å². The summed E-state index contributed by atoms with van der Waals surface area (Å²) in [6.07, 6.45) is 11.1. The summed E-state index contributed by atoms with van der Waals surface area (Å²) in [5.41, 5.74) is 0.144. The Kier molecular flexibility index (Phi) is 5.26. The van der Waals surface area contributed by atoms with Crippen LogP contribution in [-0.2, 0) is 9.59 Å². The molecule has 5 heteroatoms. The molecule has 0 unspecified atom stereocenters. The van der Waals surface area contributed by atoms with Crippen molar-refractivity contribution in [3.05, 3.63) is 23.8 Å². The topological polar surface area (TPSA) is 77.4 Å². The van der Waals surface area contributed by atoms with Crippen molar-refractivity contribution in [1.82, 2.24) is 0 Å². The second kappa shape index (κ2) is 6.86. The number of carbonyl (C=O) groups excluding carboxylic acids is 2. The average molecular weight is 409 g/mol. The minimum atomic E-state index is -1.08. The first-order valence-corrected chi connectivity index (χ1v) is 10.6. The molecule has 0 aromatic heterocycles. The van der Waals surface area contributed by atoms with Crippen molar-refractivity contribution in [2.24, 2.45) is 40.4 Å². The van der Waals surface area contributed by atoms with Gasteiger partial charge in [0.15, 0.2) is 5.78 Å². The summed E-state index contributed by atoms with van der Waals surface area (Å²) in [7, 11) is 0. The summed E-state index contributed by atoms with van der Waals surface area (Å²) >= 11 is 0. The van der Waals surface area contributed by atoms with Crippen LogP contribution in [0, 0.1) is 40.4 Å². The van der Waals surface area contributed by atoms with Gasteiger partial charge in [-0.05, 0) is 79.6 Å². The first-order chi connectivity index (χ1) is 12.7. The molecule has 28 heavy (non-hydrogen) atoms. The Morgan fingerprint density at radius 2 is 2.07 bits per heavy atom. The van der Waals surface area contributed by atoms with Crippen LogP contribution >= 0.6 is 0 Å². The van der Waals surface area contributed by atoms with E-state index < -0.39 is 11.6 Å². The maximum Gasteiger partial charge on any atom is 1.00 e. The number of rotatable bonds is 3. The number of carboxylic acid groups (broad SMARTS) is 1. The van der Waals surface area contributed by atoms with Crippen molar-refractivity contribution in [2.45, 2.75) is 64.4 Å². The summed E-state index contributed by atoms with van der Waals surface area (Å²) in [6, 6.07) is 0. The molecule has 0 heterocycles. The minimum Gasteiger partial charge on any atom is -0.550 e. The second-order valence-corrected chi connectivity index (χ2v) is 10.3. The Morgan fingerprint density at radius 3 is 2.79 bits per heavy atom. The molecule has 0 radical (unpaired) electrons. The molecule has 3 saturated carbocycles. The van der Waals surface area contributed by atoms with Crippen molar-refractivity contribution < 1.29 is 71.2 Å². The molecule has 3 fully saturated rings. The largest absolute Gasteiger partial charge is 1.00 e. The molecule has 5 aliphatic rings. The van der Waals surface area contributed by atoms with Gasteiger partial charge in [-0.1, -0.05) is 31.6 Å². The molecular formula is C23H29KO4. The van der Waals surface area contributed by atoms with Crippen molar-refractivity contribution >= 4 is 11.8 Å². The maximum absolute atomic E-state index is 12.0. The van der Waals surface area contributed by atoms with Gasteiger partial charge in [-0.25, -0.2) is 0 Å². The summed E-state index contributed by atoms with van der Waals surface area (Å²) in [4.78, 5) is 23.1. The maximum atomic E-state index is 12.0. The van der Waals surface area contributed by atoms with Crippen LogP contribution in [0.2, 0.25) is 0 Å². The van der Waals surface area contributed by atoms with E-state index in [0.29, 0.717) is 42.4 Å². The van der Waals surface area contributed by atoms with E-state index in [1.54, 1.807) is 0 Å². The van der Waals surface area contributed by atoms with Crippen molar-refractivity contribution in [3.8, 4) is 0 Å². The predicted molar refractivity (Wildman–Crippen MR) is 98.2 cm³/mol. The van der Waals surface area contributed by atoms with E-state index in [1.807, 2.05) is 6.08 Å². The molecule has 0 aromatic carbocycles. The molecular weight excluding hydrogens is 379 g/mol. The van der Waals surface area contributed by atoms with Crippen molar-refractivity contribution in [2.75, 3.05) is 0 Å². The van der Waals surface area contributed by atoms with Gasteiger partial charge < -0.3 is 15.0 Å². The van der Waals surface area contributed by atoms with E-state index in [2.05, 4.69) is 26.0 Å². The Balaban J connectivity index is 0.00000192. The molecule has 0 aromatic rings. The zero-order valence-corrected chi connectivity index (χ0v) is 20.4. The number of aliphatic hydroxyl groups is 1. The van der Waals surface area contributed by atoms with Crippen LogP contribution in [0.4, 0.5) is 0 Å². The molecule has 5 aliphatic carbocycles. The third-order valence-corrected chi connectivity index (χ3v) is 9.25. The van der Waals surface area contributed by atoms with E-state index in [0.717, 1.165) is 12.8 Å². The first kappa shape index (κ1) is 21.4. The number of aliphatic carboxylic acids is 1. The van der Waals surface area contributed by atoms with Gasteiger partial charge in [-0.2, -0.15) is 0 Å². The van der Waals surface area contributed by atoms with Gasteiger partial charge in [-0.3, -0.25) is 4.79 Å². The smallest absolute Gasteiger partial charge is 0.550 e. The number of carbonyl (C=O) groups is 2. The SMILES string of the molecule is C[C@]12CCC(=O)C=C1[C@H]1C[C@H]1[C@@H]1[C@@H]2C=C[C@@]2(C)[C@H]1CC[C@@]2(O)CCC(=O)[O-].[K+]. The second-order valence-electron chi connectivity index (χ2n) is 10.3. The molecule has 1 N–H and O–H groups in total. The quantitative estimate of drug-likeness (QED) is 0.501. The number of fused-ring (bicyclic) bond motifs is 8. The van der Waals surface area contributed by atoms with Crippen LogP contribution in [0.25, 0.3) is 0 Å². The van der Waals surface area contributed by atoms with Crippen molar-refractivity contribution in [3.63, 3.8) is 0 Å². The van der Waals surface area contributed by atoms with Crippen LogP contribution in [0.3, 0.4) is 0 Å². The molecule has 4 nitrogen and oxygen atoms in total. The van der Waals surface area contributed by atoms with E-state index in [1.165, 1.54) is 12.0 Å². The van der Waals surface area contributed by atoms with E-state index in [9.17, 15) is 19.8 Å². The van der Waals surface area contributed by atoms with Crippen LogP contribution in [-0.4, -0.2) is 22.5 Å². The van der Waals surface area contributed by atoms with Crippen LogP contribution in [0.1, 0.15) is 58.8 Å². The van der Waals surface area contributed by atoms with Gasteiger partial charge in [0, 0.05) is 17.8 Å². The Labute approximate surface area is 209 Å². The van der Waals surface area contributed by atoms with Crippen LogP contribution in [0.5, 0.6) is 0 Å². The fourth-order valence-electron chi connectivity index (χ4n) is 7.59. The minimum absolute atomic E-state index is 0. The Morgan fingerprint density at radius 1 is 1.32 bits per heavy atom. The summed E-state index contributed by atoms with van der Waals surface area (Å²) < 4.78 is 0. The molecule has 0 amide bonds. The number of allylic oxidation sites excluding steroid dienone is 3. The Hall–Kier alpha value is 0.216. The third-order valence-electron chi connectivity index (χ3n) is 9.25. The molecule has 0 bridgehead atoms. The third kappa shape index (κ3) is 2.80. The molecule has 5 rings (SSSR count). The van der Waals surface area contributed by atoms with Gasteiger partial charge in [0.1, 0.15) is 0 Å². The van der Waals surface area contributed by atoms with Gasteiger partial charge in [0.05, 0.1) is 5.60 Å².